The maximum atomic E-state index is 13.8. The highest BCUT2D eigenvalue weighted by atomic mass is 79.9. The Labute approximate surface area is 143 Å². The minimum Gasteiger partial charge on any atom is -0.327 e. The average molecular weight is 408 g/mol. The number of benzene rings is 1. The number of nitrogens with zero attached hydrogens (tertiary/aromatic N) is 2. The molecule has 3 aromatic rings. The molecule has 0 atom stereocenters. The first-order chi connectivity index (χ1) is 10.1. The van der Waals surface area contributed by atoms with Gasteiger partial charge >= 0.3 is 0 Å². The number of imidazole rings is 1. The smallest absolute Gasteiger partial charge is 0.139 e. The van der Waals surface area contributed by atoms with Gasteiger partial charge in [-0.3, -0.25) is 0 Å². The zero-order valence-corrected chi connectivity index (χ0v) is 14.7. The van der Waals surface area contributed by atoms with Crippen LogP contribution in [0.4, 0.5) is 4.39 Å². The van der Waals surface area contributed by atoms with Crippen molar-refractivity contribution in [2.24, 2.45) is 0 Å². The second kappa shape index (κ2) is 6.24. The van der Waals surface area contributed by atoms with Crippen LogP contribution in [-0.4, -0.2) is 9.55 Å². The van der Waals surface area contributed by atoms with E-state index in [9.17, 15) is 4.39 Å². The second-order valence-corrected chi connectivity index (χ2v) is 7.45. The lowest BCUT2D eigenvalue weighted by atomic mass is 10.3. The SMILES string of the molecule is Fc1cc2c(cc1Br)nc(CCl)n2CCc1ccc(Cl)s1. The van der Waals surface area contributed by atoms with E-state index in [4.69, 9.17) is 23.2 Å². The summed E-state index contributed by atoms with van der Waals surface area (Å²) in [6, 6.07) is 7.06. The Bertz CT molecular complexity index is 800. The van der Waals surface area contributed by atoms with Crippen LogP contribution in [-0.2, 0) is 18.8 Å². The number of thiophene rings is 1. The number of fused-ring (bicyclic) bond motifs is 1. The highest BCUT2D eigenvalue weighted by molar-refractivity contribution is 9.10. The number of aromatic nitrogens is 2. The van der Waals surface area contributed by atoms with E-state index in [1.807, 2.05) is 16.7 Å². The summed E-state index contributed by atoms with van der Waals surface area (Å²) in [6.45, 7) is 0.691. The van der Waals surface area contributed by atoms with Crippen molar-refractivity contribution in [1.29, 1.82) is 0 Å². The van der Waals surface area contributed by atoms with Gasteiger partial charge in [-0.25, -0.2) is 9.37 Å². The molecule has 0 aliphatic rings. The Kier molecular flexibility index (Phi) is 4.54. The van der Waals surface area contributed by atoms with E-state index in [1.54, 1.807) is 17.4 Å². The van der Waals surface area contributed by atoms with E-state index >= 15 is 0 Å². The molecule has 0 aliphatic carbocycles. The molecule has 0 radical (unpaired) electrons. The van der Waals surface area contributed by atoms with Crippen molar-refractivity contribution in [3.05, 3.63) is 49.6 Å². The van der Waals surface area contributed by atoms with Crippen molar-refractivity contribution in [2.45, 2.75) is 18.8 Å². The van der Waals surface area contributed by atoms with Gasteiger partial charge in [-0.2, -0.15) is 0 Å². The van der Waals surface area contributed by atoms with Gasteiger partial charge in [-0.15, -0.1) is 22.9 Å². The lowest BCUT2D eigenvalue weighted by Gasteiger charge is -2.07. The Morgan fingerprint density at radius 3 is 2.81 bits per heavy atom. The quantitative estimate of drug-likeness (QED) is 0.512. The zero-order valence-electron chi connectivity index (χ0n) is 10.7. The molecular formula is C14H10BrCl2FN2S. The summed E-state index contributed by atoms with van der Waals surface area (Å²) in [4.78, 5) is 5.64. The Morgan fingerprint density at radius 2 is 2.14 bits per heavy atom. The van der Waals surface area contributed by atoms with E-state index in [1.165, 1.54) is 10.9 Å². The molecule has 110 valence electrons. The molecule has 2 aromatic heterocycles. The molecule has 21 heavy (non-hydrogen) atoms. The lowest BCUT2D eigenvalue weighted by molar-refractivity contribution is 0.620. The van der Waals surface area contributed by atoms with Crippen LogP contribution >= 0.6 is 50.5 Å². The fourth-order valence-electron chi connectivity index (χ4n) is 2.23. The summed E-state index contributed by atoms with van der Waals surface area (Å²) in [7, 11) is 0. The molecule has 0 unspecified atom stereocenters. The van der Waals surface area contributed by atoms with Gasteiger partial charge in [-0.05, 0) is 40.5 Å². The normalized spacial score (nSPS) is 11.4. The van der Waals surface area contributed by atoms with Crippen LogP contribution < -0.4 is 0 Å². The maximum Gasteiger partial charge on any atom is 0.139 e. The first kappa shape index (κ1) is 15.3. The molecule has 0 aliphatic heterocycles. The van der Waals surface area contributed by atoms with Crippen LogP contribution in [0.5, 0.6) is 0 Å². The third-order valence-corrected chi connectivity index (χ3v) is 5.34. The van der Waals surface area contributed by atoms with Gasteiger partial charge in [0.1, 0.15) is 11.6 Å². The highest BCUT2D eigenvalue weighted by Crippen LogP contribution is 2.26. The largest absolute Gasteiger partial charge is 0.327 e. The molecule has 0 spiro atoms. The molecule has 0 amide bonds. The highest BCUT2D eigenvalue weighted by Gasteiger charge is 2.13. The molecule has 2 heterocycles. The van der Waals surface area contributed by atoms with E-state index in [2.05, 4.69) is 20.9 Å². The van der Waals surface area contributed by atoms with Crippen LogP contribution in [0.25, 0.3) is 11.0 Å². The summed E-state index contributed by atoms with van der Waals surface area (Å²) in [5.74, 6) is 0.731. The third-order valence-electron chi connectivity index (χ3n) is 3.20. The van der Waals surface area contributed by atoms with Crippen LogP contribution in [0, 0.1) is 5.82 Å². The molecule has 1 aromatic carbocycles. The van der Waals surface area contributed by atoms with Crippen molar-refractivity contribution in [2.75, 3.05) is 0 Å². The fraction of sp³-hybridized carbons (Fsp3) is 0.214. The van der Waals surface area contributed by atoms with Crippen LogP contribution in [0.2, 0.25) is 4.34 Å². The Hall–Kier alpha value is -0.620. The standard InChI is InChI=1S/C14H10BrCl2FN2S/c15-9-5-11-12(6-10(9)18)20(14(7-16)19-11)4-3-8-1-2-13(17)21-8/h1-2,5-6H,3-4,7H2. The van der Waals surface area contributed by atoms with Gasteiger partial charge in [0.2, 0.25) is 0 Å². The summed E-state index contributed by atoms with van der Waals surface area (Å²) in [5.41, 5.74) is 1.50. The Balaban J connectivity index is 1.97. The first-order valence-corrected chi connectivity index (χ1v) is 8.75. The van der Waals surface area contributed by atoms with Crippen molar-refractivity contribution in [3.63, 3.8) is 0 Å². The first-order valence-electron chi connectivity index (χ1n) is 6.23. The van der Waals surface area contributed by atoms with E-state index in [-0.39, 0.29) is 5.82 Å². The topological polar surface area (TPSA) is 17.8 Å². The van der Waals surface area contributed by atoms with Gasteiger partial charge in [0.15, 0.2) is 0 Å². The molecule has 0 N–H and O–H groups in total. The number of rotatable bonds is 4. The summed E-state index contributed by atoms with van der Waals surface area (Å²) in [6.07, 6.45) is 0.810. The number of hydrogen-bond acceptors (Lipinski definition) is 2. The summed E-state index contributed by atoms with van der Waals surface area (Å²) < 4.78 is 16.9. The van der Waals surface area contributed by atoms with E-state index < -0.39 is 0 Å². The van der Waals surface area contributed by atoms with Gasteiger partial charge in [-0.1, -0.05) is 11.6 Å². The molecule has 0 saturated heterocycles. The molecule has 3 rings (SSSR count). The van der Waals surface area contributed by atoms with E-state index in [0.29, 0.717) is 16.9 Å². The van der Waals surface area contributed by atoms with Gasteiger partial charge in [0.05, 0.1) is 25.7 Å². The van der Waals surface area contributed by atoms with Crippen molar-refractivity contribution < 1.29 is 4.39 Å². The van der Waals surface area contributed by atoms with Crippen LogP contribution in [0.15, 0.2) is 28.7 Å². The van der Waals surface area contributed by atoms with Crippen molar-refractivity contribution in [3.8, 4) is 0 Å². The van der Waals surface area contributed by atoms with Gasteiger partial charge in [0, 0.05) is 17.5 Å². The number of aryl methyl sites for hydroxylation is 2. The molecule has 7 heteroatoms. The van der Waals surface area contributed by atoms with Crippen LogP contribution in [0.1, 0.15) is 10.7 Å². The average Bonchev–Trinajstić information content (AvgIpc) is 3.01. The van der Waals surface area contributed by atoms with E-state index in [0.717, 1.165) is 27.6 Å². The van der Waals surface area contributed by atoms with Gasteiger partial charge in [0.25, 0.3) is 0 Å². The lowest BCUT2D eigenvalue weighted by Crippen LogP contribution is -2.04. The monoisotopic (exact) mass is 406 g/mol. The predicted octanol–water partition coefficient (Wildman–Crippen LogP) is 5.63. The minimum absolute atomic E-state index is 0.291. The summed E-state index contributed by atoms with van der Waals surface area (Å²) >= 11 is 16.6. The maximum absolute atomic E-state index is 13.8. The zero-order chi connectivity index (χ0) is 15.0. The molecular weight excluding hydrogens is 398 g/mol. The minimum atomic E-state index is -0.302. The van der Waals surface area contributed by atoms with Crippen molar-refractivity contribution >= 4 is 61.5 Å². The molecule has 0 saturated carbocycles. The number of halogens is 4. The number of hydrogen-bond donors (Lipinski definition) is 0. The molecule has 0 bridgehead atoms. The fourth-order valence-corrected chi connectivity index (χ4v) is 3.84. The third kappa shape index (κ3) is 3.11. The molecule has 0 fully saturated rings. The van der Waals surface area contributed by atoms with Crippen molar-refractivity contribution in [1.82, 2.24) is 9.55 Å². The Morgan fingerprint density at radius 1 is 1.33 bits per heavy atom. The molecule has 2 nitrogen and oxygen atoms in total. The van der Waals surface area contributed by atoms with Gasteiger partial charge < -0.3 is 4.57 Å². The predicted molar refractivity (Wildman–Crippen MR) is 90.0 cm³/mol. The number of alkyl halides is 1. The summed E-state index contributed by atoms with van der Waals surface area (Å²) in [5, 5.41) is 0. The van der Waals surface area contributed by atoms with Crippen LogP contribution in [0.3, 0.4) is 0 Å². The second-order valence-electron chi connectivity index (χ2n) is 4.52.